The molecule has 1 saturated heterocycles. The van der Waals surface area contributed by atoms with Crippen LogP contribution < -0.4 is 5.32 Å². The van der Waals surface area contributed by atoms with Gasteiger partial charge in [0.05, 0.1) is 0 Å². The van der Waals surface area contributed by atoms with Crippen LogP contribution in [0, 0.1) is 0 Å². The number of rotatable bonds is 1. The van der Waals surface area contributed by atoms with E-state index in [9.17, 15) is 4.79 Å². The summed E-state index contributed by atoms with van der Waals surface area (Å²) in [6.45, 7) is 1.91. The third kappa shape index (κ3) is 1.64. The summed E-state index contributed by atoms with van der Waals surface area (Å²) in [5.74, 6) is 0. The van der Waals surface area contributed by atoms with Crippen molar-refractivity contribution in [2.45, 2.75) is 31.7 Å². The number of nitrogens with one attached hydrogen (secondary N) is 1. The zero-order valence-electron chi connectivity index (χ0n) is 6.68. The maximum absolute atomic E-state index is 11.3. The molecule has 0 spiro atoms. The van der Waals surface area contributed by atoms with Crippen LogP contribution in [0.4, 0.5) is 4.79 Å². The van der Waals surface area contributed by atoms with Gasteiger partial charge in [-0.15, -0.1) is 0 Å². The van der Waals surface area contributed by atoms with Crippen LogP contribution in [-0.2, 0) is 0 Å². The molecule has 62 valence electrons. The Morgan fingerprint density at radius 1 is 1.27 bits per heavy atom. The number of carbonyl (C=O) groups excluding carboxylic acids is 1. The predicted octanol–water partition coefficient (Wildman–Crippen LogP) is 0.954. The van der Waals surface area contributed by atoms with Crippen LogP contribution in [0.1, 0.15) is 25.7 Å². The Morgan fingerprint density at radius 3 is 2.45 bits per heavy atom. The van der Waals surface area contributed by atoms with E-state index in [2.05, 4.69) is 5.32 Å². The molecule has 1 saturated carbocycles. The number of likely N-dealkylation sites (tertiary alicyclic amines) is 1. The first-order valence-corrected chi connectivity index (χ1v) is 4.42. The molecule has 11 heavy (non-hydrogen) atoms. The summed E-state index contributed by atoms with van der Waals surface area (Å²) in [5, 5.41) is 2.98. The van der Waals surface area contributed by atoms with Crippen molar-refractivity contribution in [1.29, 1.82) is 0 Å². The molecule has 0 unspecified atom stereocenters. The number of amides is 2. The molecule has 3 nitrogen and oxygen atoms in total. The van der Waals surface area contributed by atoms with Crippen LogP contribution in [0.3, 0.4) is 0 Å². The van der Waals surface area contributed by atoms with Crippen LogP contribution >= 0.6 is 0 Å². The summed E-state index contributed by atoms with van der Waals surface area (Å²) >= 11 is 0. The van der Waals surface area contributed by atoms with Crippen molar-refractivity contribution < 1.29 is 4.79 Å². The van der Waals surface area contributed by atoms with Crippen LogP contribution in [-0.4, -0.2) is 30.1 Å². The van der Waals surface area contributed by atoms with E-state index in [-0.39, 0.29) is 6.03 Å². The predicted molar refractivity (Wildman–Crippen MR) is 42.4 cm³/mol. The average Bonchev–Trinajstić information content (AvgIpc) is 2.67. The molecule has 2 aliphatic rings. The van der Waals surface area contributed by atoms with Crippen molar-refractivity contribution in [3.05, 3.63) is 0 Å². The summed E-state index contributed by atoms with van der Waals surface area (Å²) in [4.78, 5) is 13.2. The van der Waals surface area contributed by atoms with E-state index in [4.69, 9.17) is 0 Å². The van der Waals surface area contributed by atoms with Crippen molar-refractivity contribution in [3.8, 4) is 0 Å². The summed E-state index contributed by atoms with van der Waals surface area (Å²) in [5.41, 5.74) is 0. The first-order chi connectivity index (χ1) is 5.36. The lowest BCUT2D eigenvalue weighted by atomic mass is 10.4. The Morgan fingerprint density at radius 2 is 1.91 bits per heavy atom. The second kappa shape index (κ2) is 2.72. The highest BCUT2D eigenvalue weighted by Crippen LogP contribution is 2.19. The zero-order valence-corrected chi connectivity index (χ0v) is 6.68. The Labute approximate surface area is 66.8 Å². The molecule has 0 atom stereocenters. The van der Waals surface area contributed by atoms with Crippen LogP contribution in [0.25, 0.3) is 0 Å². The smallest absolute Gasteiger partial charge is 0.317 e. The molecule has 1 aliphatic heterocycles. The second-order valence-corrected chi connectivity index (χ2v) is 3.42. The third-order valence-electron chi connectivity index (χ3n) is 2.30. The van der Waals surface area contributed by atoms with Gasteiger partial charge in [0, 0.05) is 19.1 Å². The van der Waals surface area contributed by atoms with Crippen molar-refractivity contribution in [3.63, 3.8) is 0 Å². The number of hydrogen-bond donors (Lipinski definition) is 1. The second-order valence-electron chi connectivity index (χ2n) is 3.42. The molecule has 1 heterocycles. The van der Waals surface area contributed by atoms with E-state index >= 15 is 0 Å². The number of urea groups is 1. The Kier molecular flexibility index (Phi) is 1.72. The molecule has 3 heteroatoms. The van der Waals surface area contributed by atoms with Gasteiger partial charge >= 0.3 is 6.03 Å². The fourth-order valence-corrected chi connectivity index (χ4v) is 1.41. The van der Waals surface area contributed by atoms with Gasteiger partial charge in [0.2, 0.25) is 0 Å². The number of nitrogens with zero attached hydrogens (tertiary/aromatic N) is 1. The normalized spacial score (nSPS) is 23.8. The minimum Gasteiger partial charge on any atom is -0.335 e. The molecule has 2 amide bonds. The number of hydrogen-bond acceptors (Lipinski definition) is 1. The molecular formula is C8H14N2O. The van der Waals surface area contributed by atoms with Gasteiger partial charge < -0.3 is 10.2 Å². The maximum atomic E-state index is 11.3. The van der Waals surface area contributed by atoms with E-state index in [0.29, 0.717) is 6.04 Å². The SMILES string of the molecule is O=C(NC1CC1)N1CCCC1. The van der Waals surface area contributed by atoms with Crippen molar-refractivity contribution in [2.75, 3.05) is 13.1 Å². The highest BCUT2D eigenvalue weighted by Gasteiger charge is 2.26. The molecule has 0 aromatic heterocycles. The summed E-state index contributed by atoms with van der Waals surface area (Å²) in [7, 11) is 0. The summed E-state index contributed by atoms with van der Waals surface area (Å²) in [6.07, 6.45) is 4.72. The highest BCUT2D eigenvalue weighted by atomic mass is 16.2. The third-order valence-corrected chi connectivity index (χ3v) is 2.30. The monoisotopic (exact) mass is 154 g/mol. The van der Waals surface area contributed by atoms with Gasteiger partial charge in [0.1, 0.15) is 0 Å². The molecule has 2 rings (SSSR count). The zero-order chi connectivity index (χ0) is 7.68. The minimum absolute atomic E-state index is 0.157. The molecule has 0 bridgehead atoms. The fourth-order valence-electron chi connectivity index (χ4n) is 1.41. The van der Waals surface area contributed by atoms with E-state index in [1.807, 2.05) is 4.90 Å². The largest absolute Gasteiger partial charge is 0.335 e. The van der Waals surface area contributed by atoms with Crippen LogP contribution in [0.15, 0.2) is 0 Å². The minimum atomic E-state index is 0.157. The fraction of sp³-hybridized carbons (Fsp3) is 0.875. The van der Waals surface area contributed by atoms with E-state index in [0.717, 1.165) is 13.1 Å². The Bertz CT molecular complexity index is 159. The lowest BCUT2D eigenvalue weighted by Gasteiger charge is -2.15. The van der Waals surface area contributed by atoms with E-state index in [1.54, 1.807) is 0 Å². The van der Waals surface area contributed by atoms with Gasteiger partial charge in [-0.25, -0.2) is 4.79 Å². The molecule has 0 aromatic rings. The highest BCUT2D eigenvalue weighted by molar-refractivity contribution is 5.75. The van der Waals surface area contributed by atoms with Crippen LogP contribution in [0.2, 0.25) is 0 Å². The molecule has 0 radical (unpaired) electrons. The van der Waals surface area contributed by atoms with Gasteiger partial charge in [-0.2, -0.15) is 0 Å². The lowest BCUT2D eigenvalue weighted by Crippen LogP contribution is -2.38. The first-order valence-electron chi connectivity index (χ1n) is 4.42. The van der Waals surface area contributed by atoms with Gasteiger partial charge in [-0.05, 0) is 25.7 Å². The summed E-state index contributed by atoms with van der Waals surface area (Å²) < 4.78 is 0. The topological polar surface area (TPSA) is 32.3 Å². The van der Waals surface area contributed by atoms with Gasteiger partial charge in [0.15, 0.2) is 0 Å². The molecule has 2 fully saturated rings. The molecule has 1 N–H and O–H groups in total. The van der Waals surface area contributed by atoms with Gasteiger partial charge in [-0.3, -0.25) is 0 Å². The van der Waals surface area contributed by atoms with Gasteiger partial charge in [-0.1, -0.05) is 0 Å². The Balaban J connectivity index is 1.77. The molecular weight excluding hydrogens is 140 g/mol. The van der Waals surface area contributed by atoms with Crippen LogP contribution in [0.5, 0.6) is 0 Å². The Hall–Kier alpha value is -0.730. The van der Waals surface area contributed by atoms with E-state index in [1.165, 1.54) is 25.7 Å². The summed E-state index contributed by atoms with van der Waals surface area (Å²) in [6, 6.07) is 0.660. The average molecular weight is 154 g/mol. The van der Waals surface area contributed by atoms with Gasteiger partial charge in [0.25, 0.3) is 0 Å². The molecule has 0 aromatic carbocycles. The quantitative estimate of drug-likeness (QED) is 0.599. The lowest BCUT2D eigenvalue weighted by molar-refractivity contribution is 0.208. The molecule has 1 aliphatic carbocycles. The number of carbonyl (C=O) groups is 1. The van der Waals surface area contributed by atoms with E-state index < -0.39 is 0 Å². The van der Waals surface area contributed by atoms with Crippen molar-refractivity contribution in [1.82, 2.24) is 10.2 Å². The van der Waals surface area contributed by atoms with Crippen molar-refractivity contribution in [2.24, 2.45) is 0 Å². The standard InChI is InChI=1S/C8H14N2O/c11-8(9-7-3-4-7)10-5-1-2-6-10/h7H,1-6H2,(H,9,11). The maximum Gasteiger partial charge on any atom is 0.317 e. The first kappa shape index (κ1) is 6.95. The van der Waals surface area contributed by atoms with Crippen molar-refractivity contribution >= 4 is 6.03 Å².